The lowest BCUT2D eigenvalue weighted by Gasteiger charge is -2.14. The van der Waals surface area contributed by atoms with Gasteiger partial charge in [0.05, 0.1) is 0 Å². The first-order chi connectivity index (χ1) is 9.16. The predicted octanol–water partition coefficient (Wildman–Crippen LogP) is 2.57. The summed E-state index contributed by atoms with van der Waals surface area (Å²) in [5.41, 5.74) is 3.10. The molecule has 1 aromatic rings. The van der Waals surface area contributed by atoms with Gasteiger partial charge in [0.15, 0.2) is 0 Å². The van der Waals surface area contributed by atoms with Crippen molar-refractivity contribution in [1.29, 1.82) is 0 Å². The molecule has 1 atom stereocenters. The molecule has 1 aliphatic heterocycles. The Hall–Kier alpha value is -1.55. The molecule has 1 fully saturated rings. The van der Waals surface area contributed by atoms with E-state index in [9.17, 15) is 4.79 Å². The summed E-state index contributed by atoms with van der Waals surface area (Å²) >= 11 is 0. The van der Waals surface area contributed by atoms with Gasteiger partial charge in [0.25, 0.3) is 0 Å². The lowest BCUT2D eigenvalue weighted by molar-refractivity contribution is 0.251. The standard InChI is InChI=1S/C15H23N3O/c1-11-5-3-6-12(2)14(11)18-15(19)17-10-8-13-7-4-9-16-13/h3,5-6,13,16H,4,7-10H2,1-2H3,(H2,17,18,19)/t13-/m1/s1. The van der Waals surface area contributed by atoms with Gasteiger partial charge in [-0.2, -0.15) is 0 Å². The molecule has 1 aromatic carbocycles. The number of amides is 2. The molecular formula is C15H23N3O. The molecule has 0 unspecified atom stereocenters. The number of carbonyl (C=O) groups excluding carboxylic acids is 1. The molecule has 0 spiro atoms. The summed E-state index contributed by atoms with van der Waals surface area (Å²) in [6.07, 6.45) is 3.47. The number of urea groups is 1. The van der Waals surface area contributed by atoms with Gasteiger partial charge in [-0.3, -0.25) is 0 Å². The van der Waals surface area contributed by atoms with E-state index in [1.165, 1.54) is 12.8 Å². The topological polar surface area (TPSA) is 53.2 Å². The molecule has 104 valence electrons. The van der Waals surface area contributed by atoms with E-state index in [1.54, 1.807) is 0 Å². The maximum Gasteiger partial charge on any atom is 0.319 e. The molecule has 1 saturated heterocycles. The van der Waals surface area contributed by atoms with Crippen LogP contribution in [0.1, 0.15) is 30.4 Å². The first-order valence-electron chi connectivity index (χ1n) is 7.01. The van der Waals surface area contributed by atoms with Gasteiger partial charge in [-0.1, -0.05) is 18.2 Å². The Morgan fingerprint density at radius 3 is 2.74 bits per heavy atom. The van der Waals surface area contributed by atoms with Crippen LogP contribution in [0, 0.1) is 13.8 Å². The quantitative estimate of drug-likeness (QED) is 0.780. The molecule has 1 aliphatic rings. The monoisotopic (exact) mass is 261 g/mol. The number of carbonyl (C=O) groups is 1. The number of rotatable bonds is 4. The molecule has 4 nitrogen and oxygen atoms in total. The molecule has 0 bridgehead atoms. The van der Waals surface area contributed by atoms with Crippen LogP contribution in [0.25, 0.3) is 0 Å². The highest BCUT2D eigenvalue weighted by atomic mass is 16.2. The molecule has 0 aromatic heterocycles. The van der Waals surface area contributed by atoms with E-state index < -0.39 is 0 Å². The van der Waals surface area contributed by atoms with Crippen LogP contribution >= 0.6 is 0 Å². The number of nitrogens with one attached hydrogen (secondary N) is 3. The number of hydrogen-bond acceptors (Lipinski definition) is 2. The maximum atomic E-state index is 11.8. The Morgan fingerprint density at radius 1 is 1.37 bits per heavy atom. The minimum absolute atomic E-state index is 0.115. The highest BCUT2D eigenvalue weighted by molar-refractivity contribution is 5.90. The summed E-state index contributed by atoms with van der Waals surface area (Å²) in [6, 6.07) is 6.46. The van der Waals surface area contributed by atoms with Crippen molar-refractivity contribution in [2.45, 2.75) is 39.2 Å². The van der Waals surface area contributed by atoms with Gasteiger partial charge >= 0.3 is 6.03 Å². The number of aryl methyl sites for hydroxylation is 2. The van der Waals surface area contributed by atoms with Crippen LogP contribution in [0.5, 0.6) is 0 Å². The fraction of sp³-hybridized carbons (Fsp3) is 0.533. The zero-order chi connectivity index (χ0) is 13.7. The van der Waals surface area contributed by atoms with E-state index in [0.717, 1.165) is 29.8 Å². The molecule has 19 heavy (non-hydrogen) atoms. The van der Waals surface area contributed by atoms with Gasteiger partial charge in [0.2, 0.25) is 0 Å². The number of anilines is 1. The predicted molar refractivity (Wildman–Crippen MR) is 78.6 cm³/mol. The first kappa shape index (κ1) is 13.9. The minimum Gasteiger partial charge on any atom is -0.338 e. The molecule has 2 rings (SSSR count). The van der Waals surface area contributed by atoms with E-state index in [2.05, 4.69) is 16.0 Å². The highest BCUT2D eigenvalue weighted by Crippen LogP contribution is 2.19. The Balaban J connectivity index is 1.77. The van der Waals surface area contributed by atoms with Gasteiger partial charge in [0.1, 0.15) is 0 Å². The fourth-order valence-corrected chi connectivity index (χ4v) is 2.53. The summed E-state index contributed by atoms with van der Waals surface area (Å²) in [5, 5.41) is 9.28. The van der Waals surface area contributed by atoms with Crippen molar-refractivity contribution in [3.63, 3.8) is 0 Å². The lowest BCUT2D eigenvalue weighted by atomic mass is 10.1. The molecule has 0 aliphatic carbocycles. The van der Waals surface area contributed by atoms with Crippen molar-refractivity contribution < 1.29 is 4.79 Å². The molecular weight excluding hydrogens is 238 g/mol. The van der Waals surface area contributed by atoms with Crippen molar-refractivity contribution >= 4 is 11.7 Å². The van der Waals surface area contributed by atoms with E-state index in [4.69, 9.17) is 0 Å². The van der Waals surface area contributed by atoms with Crippen LogP contribution in [0.15, 0.2) is 18.2 Å². The van der Waals surface area contributed by atoms with E-state index >= 15 is 0 Å². The number of para-hydroxylation sites is 1. The average molecular weight is 261 g/mol. The van der Waals surface area contributed by atoms with Gasteiger partial charge in [-0.15, -0.1) is 0 Å². The average Bonchev–Trinajstić information content (AvgIpc) is 2.87. The van der Waals surface area contributed by atoms with Gasteiger partial charge in [-0.05, 0) is 50.8 Å². The van der Waals surface area contributed by atoms with Crippen LogP contribution in [0.2, 0.25) is 0 Å². The van der Waals surface area contributed by atoms with Crippen molar-refractivity contribution in [2.24, 2.45) is 0 Å². The van der Waals surface area contributed by atoms with Crippen molar-refractivity contribution in [2.75, 3.05) is 18.4 Å². The molecule has 4 heteroatoms. The normalized spacial score (nSPS) is 18.3. The fourth-order valence-electron chi connectivity index (χ4n) is 2.53. The largest absolute Gasteiger partial charge is 0.338 e. The minimum atomic E-state index is -0.115. The molecule has 2 amide bonds. The molecule has 0 saturated carbocycles. The third kappa shape index (κ3) is 3.96. The summed E-state index contributed by atoms with van der Waals surface area (Å²) in [6.45, 7) is 5.84. The van der Waals surface area contributed by atoms with Crippen LogP contribution in [0.3, 0.4) is 0 Å². The van der Waals surface area contributed by atoms with E-state index in [1.807, 2.05) is 32.0 Å². The SMILES string of the molecule is Cc1cccc(C)c1NC(=O)NCC[C@H]1CCCN1. The van der Waals surface area contributed by atoms with Crippen molar-refractivity contribution in [3.05, 3.63) is 29.3 Å². The van der Waals surface area contributed by atoms with Crippen LogP contribution in [-0.2, 0) is 0 Å². The second kappa shape index (κ2) is 6.57. The smallest absolute Gasteiger partial charge is 0.319 e. The third-order valence-electron chi connectivity index (χ3n) is 3.66. The van der Waals surface area contributed by atoms with Crippen LogP contribution in [0.4, 0.5) is 10.5 Å². The Morgan fingerprint density at radius 2 is 2.11 bits per heavy atom. The van der Waals surface area contributed by atoms with Gasteiger partial charge < -0.3 is 16.0 Å². The van der Waals surface area contributed by atoms with Crippen molar-refractivity contribution in [1.82, 2.24) is 10.6 Å². The highest BCUT2D eigenvalue weighted by Gasteiger charge is 2.13. The second-order valence-corrected chi connectivity index (χ2v) is 5.23. The number of benzene rings is 1. The van der Waals surface area contributed by atoms with Gasteiger partial charge in [-0.25, -0.2) is 4.79 Å². The Labute approximate surface area is 115 Å². The number of hydrogen-bond donors (Lipinski definition) is 3. The summed E-state index contributed by atoms with van der Waals surface area (Å²) in [5.74, 6) is 0. The first-order valence-corrected chi connectivity index (χ1v) is 7.01. The maximum absolute atomic E-state index is 11.8. The van der Waals surface area contributed by atoms with Crippen LogP contribution in [-0.4, -0.2) is 25.2 Å². The zero-order valence-electron chi connectivity index (χ0n) is 11.8. The van der Waals surface area contributed by atoms with Gasteiger partial charge in [0, 0.05) is 18.3 Å². The zero-order valence-corrected chi connectivity index (χ0v) is 11.8. The van der Waals surface area contributed by atoms with E-state index in [-0.39, 0.29) is 6.03 Å². The summed E-state index contributed by atoms with van der Waals surface area (Å²) < 4.78 is 0. The van der Waals surface area contributed by atoms with Crippen LogP contribution < -0.4 is 16.0 Å². The molecule has 0 radical (unpaired) electrons. The van der Waals surface area contributed by atoms with E-state index in [0.29, 0.717) is 12.6 Å². The summed E-state index contributed by atoms with van der Waals surface area (Å²) in [7, 11) is 0. The second-order valence-electron chi connectivity index (χ2n) is 5.23. The lowest BCUT2D eigenvalue weighted by Crippen LogP contribution is -2.33. The summed E-state index contributed by atoms with van der Waals surface area (Å²) in [4.78, 5) is 11.8. The Bertz CT molecular complexity index is 419. The molecule has 3 N–H and O–H groups in total. The third-order valence-corrected chi connectivity index (χ3v) is 3.66. The molecule has 1 heterocycles. The Kier molecular flexibility index (Phi) is 4.80. The van der Waals surface area contributed by atoms with Crippen molar-refractivity contribution in [3.8, 4) is 0 Å².